The van der Waals surface area contributed by atoms with Crippen molar-refractivity contribution in [2.45, 2.75) is 18.9 Å². The maximum absolute atomic E-state index is 13.4. The molecule has 1 aromatic carbocycles. The number of rotatable bonds is 3. The monoisotopic (exact) mass is 252 g/mol. The van der Waals surface area contributed by atoms with Crippen molar-refractivity contribution in [3.05, 3.63) is 35.4 Å². The van der Waals surface area contributed by atoms with Crippen LogP contribution in [-0.2, 0) is 0 Å². The van der Waals surface area contributed by atoms with Crippen LogP contribution in [0.15, 0.2) is 18.2 Å². The first-order valence-corrected chi connectivity index (χ1v) is 6.65. The summed E-state index contributed by atoms with van der Waals surface area (Å²) in [5.41, 5.74) is 0.803. The Bertz CT molecular complexity index is 406. The normalized spacial score (nSPS) is 23.0. The molecule has 18 heavy (non-hydrogen) atoms. The van der Waals surface area contributed by atoms with E-state index in [1.807, 2.05) is 0 Å². The second kappa shape index (κ2) is 4.94. The number of hydrogen-bond acceptors (Lipinski definition) is 2. The van der Waals surface area contributed by atoms with Crippen LogP contribution in [0.25, 0.3) is 0 Å². The van der Waals surface area contributed by atoms with Crippen LogP contribution < -0.4 is 5.32 Å². The molecule has 0 unspecified atom stereocenters. The molecule has 98 valence electrons. The summed E-state index contributed by atoms with van der Waals surface area (Å²) < 4.78 is 26.7. The van der Waals surface area contributed by atoms with Crippen molar-refractivity contribution in [1.29, 1.82) is 0 Å². The number of hydrogen-bond donors (Lipinski definition) is 1. The Morgan fingerprint density at radius 1 is 1.06 bits per heavy atom. The van der Waals surface area contributed by atoms with Gasteiger partial charge >= 0.3 is 0 Å². The van der Waals surface area contributed by atoms with Crippen LogP contribution in [-0.4, -0.2) is 31.1 Å². The zero-order valence-corrected chi connectivity index (χ0v) is 10.3. The van der Waals surface area contributed by atoms with E-state index in [9.17, 15) is 8.78 Å². The number of nitrogens with one attached hydrogen (secondary N) is 1. The molecular formula is C14H18F2N2. The third-order valence-corrected chi connectivity index (χ3v) is 3.84. The summed E-state index contributed by atoms with van der Waals surface area (Å²) in [5.74, 6) is -0.360. The molecule has 1 saturated carbocycles. The van der Waals surface area contributed by atoms with Crippen molar-refractivity contribution in [3.8, 4) is 0 Å². The first-order chi connectivity index (χ1) is 8.74. The van der Waals surface area contributed by atoms with Gasteiger partial charge in [0.25, 0.3) is 0 Å². The molecule has 2 aliphatic rings. The summed E-state index contributed by atoms with van der Waals surface area (Å²) in [5, 5.41) is 3.31. The van der Waals surface area contributed by atoms with Gasteiger partial charge < -0.3 is 5.32 Å². The zero-order valence-electron chi connectivity index (χ0n) is 10.3. The molecule has 2 nitrogen and oxygen atoms in total. The van der Waals surface area contributed by atoms with Crippen LogP contribution in [0, 0.1) is 17.6 Å². The molecule has 0 bridgehead atoms. The maximum atomic E-state index is 13.4. The summed E-state index contributed by atoms with van der Waals surface area (Å²) >= 11 is 0. The largest absolute Gasteiger partial charge is 0.314 e. The Hall–Kier alpha value is -1.00. The second-order valence-corrected chi connectivity index (χ2v) is 5.27. The van der Waals surface area contributed by atoms with Crippen molar-refractivity contribution in [2.24, 2.45) is 5.92 Å². The fourth-order valence-corrected chi connectivity index (χ4v) is 2.90. The molecule has 1 aliphatic carbocycles. The predicted octanol–water partition coefficient (Wildman–Crippen LogP) is 2.32. The minimum Gasteiger partial charge on any atom is -0.314 e. The van der Waals surface area contributed by atoms with Crippen molar-refractivity contribution in [2.75, 3.05) is 26.2 Å². The van der Waals surface area contributed by atoms with Gasteiger partial charge in [0, 0.05) is 38.3 Å². The minimum atomic E-state index is -0.467. The van der Waals surface area contributed by atoms with Crippen LogP contribution in [0.4, 0.5) is 8.78 Å². The third-order valence-electron chi connectivity index (χ3n) is 3.84. The van der Waals surface area contributed by atoms with Gasteiger partial charge in [0.2, 0.25) is 0 Å². The average Bonchev–Trinajstić information content (AvgIpc) is 3.14. The van der Waals surface area contributed by atoms with Crippen LogP contribution >= 0.6 is 0 Å². The summed E-state index contributed by atoms with van der Waals surface area (Å²) in [4.78, 5) is 2.36. The molecule has 0 spiro atoms. The molecule has 4 heteroatoms. The topological polar surface area (TPSA) is 15.3 Å². The molecule has 3 rings (SSSR count). The van der Waals surface area contributed by atoms with E-state index in [0.717, 1.165) is 37.8 Å². The van der Waals surface area contributed by atoms with E-state index >= 15 is 0 Å². The van der Waals surface area contributed by atoms with E-state index in [-0.39, 0.29) is 6.04 Å². The SMILES string of the molecule is Fc1cc(F)cc([C@H](C2CC2)N2CCNCC2)c1. The lowest BCUT2D eigenvalue weighted by Gasteiger charge is -2.35. The molecule has 0 amide bonds. The van der Waals surface area contributed by atoms with E-state index in [2.05, 4.69) is 10.2 Å². The van der Waals surface area contributed by atoms with E-state index in [0.29, 0.717) is 5.92 Å². The Morgan fingerprint density at radius 3 is 2.22 bits per heavy atom. The van der Waals surface area contributed by atoms with Crippen molar-refractivity contribution >= 4 is 0 Å². The molecule has 0 radical (unpaired) electrons. The highest BCUT2D eigenvalue weighted by Crippen LogP contribution is 2.44. The summed E-state index contributed by atoms with van der Waals surface area (Å²) in [6.45, 7) is 3.83. The lowest BCUT2D eigenvalue weighted by molar-refractivity contribution is 0.155. The van der Waals surface area contributed by atoms with E-state index in [1.165, 1.54) is 25.0 Å². The van der Waals surface area contributed by atoms with Gasteiger partial charge in [-0.25, -0.2) is 8.78 Å². The zero-order chi connectivity index (χ0) is 12.5. The molecule has 1 aliphatic heterocycles. The van der Waals surface area contributed by atoms with Crippen molar-refractivity contribution < 1.29 is 8.78 Å². The Kier molecular flexibility index (Phi) is 3.31. The van der Waals surface area contributed by atoms with Gasteiger partial charge in [0.05, 0.1) is 0 Å². The van der Waals surface area contributed by atoms with Crippen molar-refractivity contribution in [3.63, 3.8) is 0 Å². The fraction of sp³-hybridized carbons (Fsp3) is 0.571. The highest BCUT2D eigenvalue weighted by molar-refractivity contribution is 5.23. The van der Waals surface area contributed by atoms with Gasteiger partial charge in [-0.3, -0.25) is 4.90 Å². The average molecular weight is 252 g/mol. The van der Waals surface area contributed by atoms with Crippen LogP contribution in [0.5, 0.6) is 0 Å². The quantitative estimate of drug-likeness (QED) is 0.888. The molecular weight excluding hydrogens is 234 g/mol. The second-order valence-electron chi connectivity index (χ2n) is 5.27. The van der Waals surface area contributed by atoms with Crippen LogP contribution in [0.1, 0.15) is 24.4 Å². The lowest BCUT2D eigenvalue weighted by Crippen LogP contribution is -2.45. The van der Waals surface area contributed by atoms with Gasteiger partial charge in [-0.15, -0.1) is 0 Å². The number of halogens is 2. The fourth-order valence-electron chi connectivity index (χ4n) is 2.90. The Labute approximate surface area is 106 Å². The Balaban J connectivity index is 1.88. The van der Waals surface area contributed by atoms with Gasteiger partial charge in [0.15, 0.2) is 0 Å². The van der Waals surface area contributed by atoms with E-state index in [1.54, 1.807) is 0 Å². The van der Waals surface area contributed by atoms with Gasteiger partial charge in [-0.05, 0) is 36.5 Å². The minimum absolute atomic E-state index is 0.192. The molecule has 2 fully saturated rings. The Morgan fingerprint density at radius 2 is 1.67 bits per heavy atom. The molecule has 0 aromatic heterocycles. The van der Waals surface area contributed by atoms with E-state index in [4.69, 9.17) is 0 Å². The standard InChI is InChI=1S/C14H18F2N2/c15-12-7-11(8-13(16)9-12)14(10-1-2-10)18-5-3-17-4-6-18/h7-10,14,17H,1-6H2/t14-/m0/s1. The predicted molar refractivity (Wildman–Crippen MR) is 66.3 cm³/mol. The summed E-state index contributed by atoms with van der Waals surface area (Å²) in [6.07, 6.45) is 2.35. The first kappa shape index (κ1) is 12.1. The number of nitrogens with zero attached hydrogens (tertiary/aromatic N) is 1. The molecule has 1 atom stereocenters. The van der Waals surface area contributed by atoms with Gasteiger partial charge in [-0.1, -0.05) is 0 Å². The first-order valence-electron chi connectivity index (χ1n) is 6.65. The molecule has 1 aromatic rings. The summed E-state index contributed by atoms with van der Waals surface area (Å²) in [7, 11) is 0. The summed E-state index contributed by atoms with van der Waals surface area (Å²) in [6, 6.07) is 4.13. The highest BCUT2D eigenvalue weighted by Gasteiger charge is 2.37. The van der Waals surface area contributed by atoms with Gasteiger partial charge in [0.1, 0.15) is 11.6 Å². The molecule has 1 saturated heterocycles. The van der Waals surface area contributed by atoms with Crippen LogP contribution in [0.2, 0.25) is 0 Å². The maximum Gasteiger partial charge on any atom is 0.126 e. The van der Waals surface area contributed by atoms with Crippen molar-refractivity contribution in [1.82, 2.24) is 10.2 Å². The highest BCUT2D eigenvalue weighted by atomic mass is 19.1. The number of benzene rings is 1. The van der Waals surface area contributed by atoms with Crippen LogP contribution in [0.3, 0.4) is 0 Å². The smallest absolute Gasteiger partial charge is 0.126 e. The number of piperazine rings is 1. The third kappa shape index (κ3) is 2.54. The lowest BCUT2D eigenvalue weighted by atomic mass is 9.99. The van der Waals surface area contributed by atoms with E-state index < -0.39 is 11.6 Å². The molecule has 1 N–H and O–H groups in total. The molecule has 1 heterocycles. The van der Waals surface area contributed by atoms with Gasteiger partial charge in [-0.2, -0.15) is 0 Å².